The molecule has 0 atom stereocenters. The molecule has 5 nitrogen and oxygen atoms in total. The summed E-state index contributed by atoms with van der Waals surface area (Å²) in [5.41, 5.74) is 2.31. The lowest BCUT2D eigenvalue weighted by atomic mass is 10.2. The highest BCUT2D eigenvalue weighted by molar-refractivity contribution is 6.30. The maximum Gasteiger partial charge on any atom is 0.270 e. The predicted molar refractivity (Wildman–Crippen MR) is 68.4 cm³/mol. The molecule has 1 amide bonds. The number of amides is 1. The van der Waals surface area contributed by atoms with Crippen LogP contribution in [0.5, 0.6) is 0 Å². The van der Waals surface area contributed by atoms with Crippen molar-refractivity contribution in [2.75, 3.05) is 0 Å². The number of rotatable bonds is 3. The molecule has 0 fully saturated rings. The molecule has 0 aliphatic heterocycles. The van der Waals surface area contributed by atoms with Crippen LogP contribution in [0.2, 0.25) is 5.02 Å². The van der Waals surface area contributed by atoms with Crippen LogP contribution in [0.1, 0.15) is 21.7 Å². The maximum absolute atomic E-state index is 11.8. The Bertz CT molecular complexity index is 579. The highest BCUT2D eigenvalue weighted by atomic mass is 35.5. The van der Waals surface area contributed by atoms with Crippen LogP contribution < -0.4 is 5.32 Å². The van der Waals surface area contributed by atoms with Gasteiger partial charge >= 0.3 is 0 Å². The number of aryl methyl sites for hydroxylation is 1. The summed E-state index contributed by atoms with van der Waals surface area (Å²) in [5, 5.41) is 7.39. The Morgan fingerprint density at radius 2 is 2.33 bits per heavy atom. The summed E-state index contributed by atoms with van der Waals surface area (Å²) in [6.07, 6.45) is 3.24. The van der Waals surface area contributed by atoms with Gasteiger partial charge in [0.15, 0.2) is 0 Å². The number of aromatic nitrogens is 3. The van der Waals surface area contributed by atoms with Crippen LogP contribution in [-0.4, -0.2) is 20.7 Å². The fourth-order valence-electron chi connectivity index (χ4n) is 1.51. The Morgan fingerprint density at radius 1 is 1.56 bits per heavy atom. The normalized spacial score (nSPS) is 10.4. The number of halogens is 1. The third-order valence-corrected chi connectivity index (χ3v) is 2.97. The van der Waals surface area contributed by atoms with E-state index in [0.29, 0.717) is 17.3 Å². The quantitative estimate of drug-likeness (QED) is 0.918. The Labute approximate surface area is 110 Å². The van der Waals surface area contributed by atoms with Crippen molar-refractivity contribution < 1.29 is 4.79 Å². The third kappa shape index (κ3) is 2.68. The largest absolute Gasteiger partial charge is 0.346 e. The fourth-order valence-corrected chi connectivity index (χ4v) is 1.67. The molecule has 2 rings (SSSR count). The molecule has 94 valence electrons. The zero-order chi connectivity index (χ0) is 13.1. The highest BCUT2D eigenvalue weighted by Crippen LogP contribution is 2.09. The van der Waals surface area contributed by atoms with E-state index in [-0.39, 0.29) is 5.91 Å². The third-order valence-electron chi connectivity index (χ3n) is 2.73. The molecule has 0 aliphatic carbocycles. The second kappa shape index (κ2) is 5.18. The molecule has 2 aromatic heterocycles. The van der Waals surface area contributed by atoms with E-state index in [1.807, 2.05) is 14.0 Å². The maximum atomic E-state index is 11.8. The first-order valence-electron chi connectivity index (χ1n) is 5.45. The number of nitrogens with one attached hydrogen (secondary N) is 1. The van der Waals surface area contributed by atoms with Crippen molar-refractivity contribution in [3.05, 3.63) is 46.5 Å². The average Bonchev–Trinajstić information content (AvgIpc) is 2.67. The smallest absolute Gasteiger partial charge is 0.270 e. The lowest BCUT2D eigenvalue weighted by Gasteiger charge is -2.04. The molecular formula is C12H13ClN4O. The number of carbonyl (C=O) groups is 1. The van der Waals surface area contributed by atoms with Crippen molar-refractivity contribution in [3.63, 3.8) is 0 Å². The van der Waals surface area contributed by atoms with Gasteiger partial charge < -0.3 is 5.32 Å². The van der Waals surface area contributed by atoms with Gasteiger partial charge in [0.25, 0.3) is 5.91 Å². The summed E-state index contributed by atoms with van der Waals surface area (Å²) < 4.78 is 1.76. The van der Waals surface area contributed by atoms with Crippen LogP contribution in [0, 0.1) is 6.92 Å². The molecule has 0 bridgehead atoms. The van der Waals surface area contributed by atoms with Crippen LogP contribution >= 0.6 is 11.6 Å². The molecule has 0 aromatic carbocycles. The Balaban J connectivity index is 2.03. The summed E-state index contributed by atoms with van der Waals surface area (Å²) in [4.78, 5) is 15.8. The van der Waals surface area contributed by atoms with Crippen molar-refractivity contribution in [1.82, 2.24) is 20.1 Å². The van der Waals surface area contributed by atoms with Crippen LogP contribution in [0.25, 0.3) is 0 Å². The number of pyridine rings is 1. The molecule has 0 saturated heterocycles. The summed E-state index contributed by atoms with van der Waals surface area (Å²) in [7, 11) is 1.86. The van der Waals surface area contributed by atoms with Gasteiger partial charge in [-0.3, -0.25) is 14.5 Å². The molecule has 2 aromatic rings. The molecule has 1 N–H and O–H groups in total. The standard InChI is InChI=1S/C12H13ClN4O/c1-8-9(7-16-17(8)2)6-15-12(18)11-5-10(13)3-4-14-11/h3-5,7H,6H2,1-2H3,(H,15,18). The van der Waals surface area contributed by atoms with Gasteiger partial charge in [-0.05, 0) is 19.1 Å². The minimum atomic E-state index is -0.249. The fraction of sp³-hybridized carbons (Fsp3) is 0.250. The zero-order valence-corrected chi connectivity index (χ0v) is 10.9. The van der Waals surface area contributed by atoms with E-state index >= 15 is 0 Å². The van der Waals surface area contributed by atoms with Crippen molar-refractivity contribution in [2.45, 2.75) is 13.5 Å². The van der Waals surface area contributed by atoms with Gasteiger partial charge in [-0.1, -0.05) is 11.6 Å². The van der Waals surface area contributed by atoms with E-state index in [1.54, 1.807) is 16.9 Å². The van der Waals surface area contributed by atoms with Gasteiger partial charge in [0, 0.05) is 36.1 Å². The SMILES string of the molecule is Cc1c(CNC(=O)c2cc(Cl)ccn2)cnn1C. The first kappa shape index (κ1) is 12.6. The number of hydrogen-bond acceptors (Lipinski definition) is 3. The van der Waals surface area contributed by atoms with Crippen LogP contribution in [0.4, 0.5) is 0 Å². The lowest BCUT2D eigenvalue weighted by Crippen LogP contribution is -2.24. The predicted octanol–water partition coefficient (Wildman–Crippen LogP) is 1.71. The molecule has 0 aliphatic rings. The second-order valence-corrected chi connectivity index (χ2v) is 4.36. The van der Waals surface area contributed by atoms with E-state index in [2.05, 4.69) is 15.4 Å². The number of hydrogen-bond donors (Lipinski definition) is 1. The minimum absolute atomic E-state index is 0.249. The molecule has 6 heteroatoms. The summed E-state index contributed by atoms with van der Waals surface area (Å²) in [5.74, 6) is -0.249. The van der Waals surface area contributed by atoms with Crippen molar-refractivity contribution in [3.8, 4) is 0 Å². The molecule has 0 radical (unpaired) electrons. The Morgan fingerprint density at radius 3 is 2.94 bits per heavy atom. The minimum Gasteiger partial charge on any atom is -0.346 e. The zero-order valence-electron chi connectivity index (χ0n) is 10.1. The average molecular weight is 265 g/mol. The van der Waals surface area contributed by atoms with Gasteiger partial charge in [-0.15, -0.1) is 0 Å². The van der Waals surface area contributed by atoms with Gasteiger partial charge in [0.05, 0.1) is 6.20 Å². The topological polar surface area (TPSA) is 59.8 Å². The van der Waals surface area contributed by atoms with Gasteiger partial charge in [0.2, 0.25) is 0 Å². The molecule has 0 saturated carbocycles. The van der Waals surface area contributed by atoms with Crippen LogP contribution in [0.15, 0.2) is 24.5 Å². The summed E-state index contributed by atoms with van der Waals surface area (Å²) >= 11 is 5.80. The number of carbonyl (C=O) groups excluding carboxylic acids is 1. The summed E-state index contributed by atoms with van der Waals surface area (Å²) in [6.45, 7) is 2.37. The molecule has 18 heavy (non-hydrogen) atoms. The van der Waals surface area contributed by atoms with Gasteiger partial charge in [-0.25, -0.2) is 0 Å². The lowest BCUT2D eigenvalue weighted by molar-refractivity contribution is 0.0946. The van der Waals surface area contributed by atoms with E-state index in [4.69, 9.17) is 11.6 Å². The van der Waals surface area contributed by atoms with Gasteiger partial charge in [0.1, 0.15) is 5.69 Å². The number of nitrogens with zero attached hydrogens (tertiary/aromatic N) is 3. The molecule has 2 heterocycles. The van der Waals surface area contributed by atoms with Gasteiger partial charge in [-0.2, -0.15) is 5.10 Å². The Hall–Kier alpha value is -1.88. The summed E-state index contributed by atoms with van der Waals surface area (Å²) in [6, 6.07) is 3.16. The van der Waals surface area contributed by atoms with Crippen molar-refractivity contribution >= 4 is 17.5 Å². The molecule has 0 spiro atoms. The highest BCUT2D eigenvalue weighted by Gasteiger charge is 2.09. The van der Waals surface area contributed by atoms with Crippen LogP contribution in [0.3, 0.4) is 0 Å². The second-order valence-electron chi connectivity index (χ2n) is 3.92. The molecular weight excluding hydrogens is 252 g/mol. The van der Waals surface area contributed by atoms with Crippen molar-refractivity contribution in [1.29, 1.82) is 0 Å². The van der Waals surface area contributed by atoms with E-state index in [0.717, 1.165) is 11.3 Å². The van der Waals surface area contributed by atoms with Crippen molar-refractivity contribution in [2.24, 2.45) is 7.05 Å². The Kier molecular flexibility index (Phi) is 3.62. The monoisotopic (exact) mass is 264 g/mol. The van der Waals surface area contributed by atoms with Crippen LogP contribution in [-0.2, 0) is 13.6 Å². The van der Waals surface area contributed by atoms with E-state index in [1.165, 1.54) is 12.3 Å². The first-order chi connectivity index (χ1) is 8.58. The molecule has 0 unspecified atom stereocenters. The van der Waals surface area contributed by atoms with E-state index in [9.17, 15) is 4.79 Å². The first-order valence-corrected chi connectivity index (χ1v) is 5.83. The van der Waals surface area contributed by atoms with E-state index < -0.39 is 0 Å².